The van der Waals surface area contributed by atoms with Gasteiger partial charge in [-0.1, -0.05) is 35.9 Å². The fraction of sp³-hybridized carbons (Fsp3) is 0.0667. The largest absolute Gasteiger partial charge is 0.343 e. The van der Waals surface area contributed by atoms with Crippen LogP contribution in [0.1, 0.15) is 15.9 Å². The highest BCUT2D eigenvalue weighted by Gasteiger charge is 2.19. The Labute approximate surface area is 117 Å². The summed E-state index contributed by atoms with van der Waals surface area (Å²) < 4.78 is 0. The molecular weight excluding hydrogens is 254 g/mol. The highest BCUT2D eigenvalue weighted by Crippen LogP contribution is 2.10. The molecule has 0 spiro atoms. The zero-order chi connectivity index (χ0) is 14.5. The highest BCUT2D eigenvalue weighted by molar-refractivity contribution is 6.07. The van der Waals surface area contributed by atoms with E-state index >= 15 is 0 Å². The quantitative estimate of drug-likeness (QED) is 0.500. The Bertz CT molecular complexity index is 609. The van der Waals surface area contributed by atoms with E-state index in [0.29, 0.717) is 16.3 Å². The number of nitrogens with two attached hydrogens (primary N) is 1. The molecule has 2 aromatic carbocycles. The Morgan fingerprint density at radius 3 is 2.20 bits per heavy atom. The summed E-state index contributed by atoms with van der Waals surface area (Å²) in [5.41, 5.74) is 2.01. The number of hydrazine groups is 1. The standard InChI is InChI=1S/C15H15N3O2/c1-11-7-9-13(10-8-11)17-15(20)18(16)14(19)12-5-3-2-4-6-12/h2-10H,16H2,1H3,(H,17,20). The van der Waals surface area contributed by atoms with Crippen molar-refractivity contribution in [3.05, 3.63) is 65.7 Å². The number of hydrogen-bond acceptors (Lipinski definition) is 3. The molecule has 0 aliphatic rings. The van der Waals surface area contributed by atoms with Crippen molar-refractivity contribution in [3.63, 3.8) is 0 Å². The van der Waals surface area contributed by atoms with Gasteiger partial charge in [-0.15, -0.1) is 0 Å². The van der Waals surface area contributed by atoms with E-state index in [1.807, 2.05) is 19.1 Å². The second-order valence-electron chi connectivity index (χ2n) is 4.34. The molecule has 0 bridgehead atoms. The van der Waals surface area contributed by atoms with Crippen LogP contribution < -0.4 is 11.2 Å². The molecule has 5 heteroatoms. The normalized spacial score (nSPS) is 9.90. The molecule has 0 atom stereocenters. The monoisotopic (exact) mass is 269 g/mol. The summed E-state index contributed by atoms with van der Waals surface area (Å²) in [4.78, 5) is 23.9. The number of carbonyl (C=O) groups is 2. The van der Waals surface area contributed by atoms with Crippen molar-refractivity contribution in [1.82, 2.24) is 5.01 Å². The summed E-state index contributed by atoms with van der Waals surface area (Å²) in [5, 5.41) is 3.13. The first-order valence-electron chi connectivity index (χ1n) is 6.10. The number of hydrogen-bond donors (Lipinski definition) is 2. The number of rotatable bonds is 2. The minimum atomic E-state index is -0.678. The van der Waals surface area contributed by atoms with Gasteiger partial charge < -0.3 is 5.32 Å². The Hall–Kier alpha value is -2.66. The molecule has 2 aromatic rings. The summed E-state index contributed by atoms with van der Waals surface area (Å²) in [6, 6.07) is 14.9. The van der Waals surface area contributed by atoms with Gasteiger partial charge in [0.05, 0.1) is 0 Å². The number of carbonyl (C=O) groups excluding carboxylic acids is 2. The predicted octanol–water partition coefficient (Wildman–Crippen LogP) is 2.54. The second kappa shape index (κ2) is 5.99. The molecule has 3 amide bonds. The van der Waals surface area contributed by atoms with Gasteiger partial charge in [0, 0.05) is 11.3 Å². The molecule has 0 aliphatic heterocycles. The molecule has 0 aliphatic carbocycles. The number of nitrogens with one attached hydrogen (secondary N) is 1. The molecule has 0 fully saturated rings. The number of benzene rings is 2. The van der Waals surface area contributed by atoms with Gasteiger partial charge in [0.25, 0.3) is 5.91 Å². The van der Waals surface area contributed by atoms with Crippen molar-refractivity contribution in [2.24, 2.45) is 5.84 Å². The molecule has 0 unspecified atom stereocenters. The van der Waals surface area contributed by atoms with Crippen molar-refractivity contribution in [2.45, 2.75) is 6.92 Å². The first kappa shape index (κ1) is 13.8. The van der Waals surface area contributed by atoms with Crippen molar-refractivity contribution in [3.8, 4) is 0 Å². The third-order valence-electron chi connectivity index (χ3n) is 2.76. The van der Waals surface area contributed by atoms with E-state index in [-0.39, 0.29) is 0 Å². The maximum Gasteiger partial charge on any atom is 0.343 e. The number of aryl methyl sites for hydroxylation is 1. The van der Waals surface area contributed by atoms with Gasteiger partial charge in [0.1, 0.15) is 0 Å². The highest BCUT2D eigenvalue weighted by atomic mass is 16.2. The molecule has 0 radical (unpaired) electrons. The Morgan fingerprint density at radius 1 is 1.00 bits per heavy atom. The molecule has 5 nitrogen and oxygen atoms in total. The van der Waals surface area contributed by atoms with E-state index in [1.165, 1.54) is 0 Å². The van der Waals surface area contributed by atoms with E-state index in [2.05, 4.69) is 5.32 Å². The van der Waals surface area contributed by atoms with Gasteiger partial charge in [-0.25, -0.2) is 10.6 Å². The van der Waals surface area contributed by atoms with Crippen molar-refractivity contribution in [1.29, 1.82) is 0 Å². The lowest BCUT2D eigenvalue weighted by atomic mass is 10.2. The molecule has 102 valence electrons. The Balaban J connectivity index is 2.05. The molecule has 2 rings (SSSR count). The molecule has 0 saturated carbocycles. The molecule has 3 N–H and O–H groups in total. The first-order valence-corrected chi connectivity index (χ1v) is 6.10. The van der Waals surface area contributed by atoms with Crippen LogP contribution >= 0.6 is 0 Å². The fourth-order valence-corrected chi connectivity index (χ4v) is 1.63. The van der Waals surface area contributed by atoms with Crippen molar-refractivity contribution in [2.75, 3.05) is 5.32 Å². The first-order chi connectivity index (χ1) is 9.58. The van der Waals surface area contributed by atoms with Crippen LogP contribution in [0.4, 0.5) is 10.5 Å². The molecular formula is C15H15N3O2. The number of nitrogens with zero attached hydrogens (tertiary/aromatic N) is 1. The average Bonchev–Trinajstić information content (AvgIpc) is 2.49. The van der Waals surface area contributed by atoms with E-state index < -0.39 is 11.9 Å². The van der Waals surface area contributed by atoms with Crippen LogP contribution in [0.15, 0.2) is 54.6 Å². The molecule has 0 saturated heterocycles. The minimum Gasteiger partial charge on any atom is -0.306 e. The lowest BCUT2D eigenvalue weighted by Gasteiger charge is -2.15. The lowest BCUT2D eigenvalue weighted by Crippen LogP contribution is -2.45. The van der Waals surface area contributed by atoms with Crippen LogP contribution in [0.25, 0.3) is 0 Å². The van der Waals surface area contributed by atoms with Crippen molar-refractivity contribution >= 4 is 17.6 Å². The van der Waals surface area contributed by atoms with Gasteiger partial charge >= 0.3 is 6.03 Å². The van der Waals surface area contributed by atoms with Gasteiger partial charge in [-0.2, -0.15) is 5.01 Å². The van der Waals surface area contributed by atoms with E-state index in [0.717, 1.165) is 5.56 Å². The Kier molecular flexibility index (Phi) is 4.12. The fourth-order valence-electron chi connectivity index (χ4n) is 1.63. The summed E-state index contributed by atoms with van der Waals surface area (Å²) in [6.07, 6.45) is 0. The smallest absolute Gasteiger partial charge is 0.306 e. The van der Waals surface area contributed by atoms with Crippen LogP contribution in [0.3, 0.4) is 0 Å². The van der Waals surface area contributed by atoms with Gasteiger partial charge in [-0.3, -0.25) is 4.79 Å². The van der Waals surface area contributed by atoms with Crippen LogP contribution in [0.5, 0.6) is 0 Å². The number of imide groups is 1. The SMILES string of the molecule is Cc1ccc(NC(=O)N(N)C(=O)c2ccccc2)cc1. The molecule has 0 aromatic heterocycles. The average molecular weight is 269 g/mol. The topological polar surface area (TPSA) is 75.4 Å². The maximum atomic E-state index is 12.0. The van der Waals surface area contributed by atoms with Gasteiger partial charge in [0.15, 0.2) is 0 Å². The number of urea groups is 1. The third kappa shape index (κ3) is 3.21. The van der Waals surface area contributed by atoms with Crippen LogP contribution in [0.2, 0.25) is 0 Å². The van der Waals surface area contributed by atoms with E-state index in [9.17, 15) is 9.59 Å². The van der Waals surface area contributed by atoms with E-state index in [1.54, 1.807) is 42.5 Å². The maximum absolute atomic E-state index is 12.0. The van der Waals surface area contributed by atoms with Gasteiger partial charge in [-0.05, 0) is 31.2 Å². The summed E-state index contributed by atoms with van der Waals surface area (Å²) in [5.74, 6) is 4.98. The third-order valence-corrected chi connectivity index (χ3v) is 2.76. The zero-order valence-electron chi connectivity index (χ0n) is 11.0. The minimum absolute atomic E-state index is 0.356. The lowest BCUT2D eigenvalue weighted by molar-refractivity contribution is 0.0811. The number of anilines is 1. The number of amides is 3. The van der Waals surface area contributed by atoms with Crippen molar-refractivity contribution < 1.29 is 9.59 Å². The molecule has 0 heterocycles. The summed E-state index contributed by atoms with van der Waals surface area (Å²) >= 11 is 0. The van der Waals surface area contributed by atoms with E-state index in [4.69, 9.17) is 5.84 Å². The van der Waals surface area contributed by atoms with Crippen LogP contribution in [0, 0.1) is 6.92 Å². The zero-order valence-corrected chi connectivity index (χ0v) is 11.0. The van der Waals surface area contributed by atoms with Crippen LogP contribution in [-0.2, 0) is 0 Å². The van der Waals surface area contributed by atoms with Gasteiger partial charge in [0.2, 0.25) is 0 Å². The predicted molar refractivity (Wildman–Crippen MR) is 77.0 cm³/mol. The Morgan fingerprint density at radius 2 is 1.60 bits per heavy atom. The second-order valence-corrected chi connectivity index (χ2v) is 4.34. The van der Waals surface area contributed by atoms with Crippen LogP contribution in [-0.4, -0.2) is 16.9 Å². The summed E-state index contributed by atoms with van der Waals surface area (Å²) in [6.45, 7) is 1.94. The molecule has 20 heavy (non-hydrogen) atoms. The summed E-state index contributed by atoms with van der Waals surface area (Å²) in [7, 11) is 0.